The third-order valence-electron chi connectivity index (χ3n) is 1.09. The van der Waals surface area contributed by atoms with Crippen molar-refractivity contribution >= 4 is 11.6 Å². The first-order valence-corrected chi connectivity index (χ1v) is 2.93. The molecule has 1 rings (SSSR count). The summed E-state index contributed by atoms with van der Waals surface area (Å²) in [4.78, 5) is 0. The third-order valence-corrected chi connectivity index (χ3v) is 1.59. The molecule has 3 nitrogen and oxygen atoms in total. The maximum absolute atomic E-state index is 8.56. The van der Waals surface area contributed by atoms with Gasteiger partial charge in [-0.05, 0) is 6.92 Å². The van der Waals surface area contributed by atoms with Gasteiger partial charge in [0, 0.05) is 0 Å². The van der Waals surface area contributed by atoms with Crippen molar-refractivity contribution in [3.63, 3.8) is 0 Å². The number of aromatic amines is 1. The number of aliphatic hydroxyl groups excluding tert-OH is 1. The fourth-order valence-electron chi connectivity index (χ4n) is 0.571. The molecule has 0 amide bonds. The standard InChI is InChI=1S/C5H7ClN2O/c1-3-5(6)4(2-9)8-7-3/h9H,2H2,1H3,(H,7,8). The molecule has 0 aliphatic heterocycles. The summed E-state index contributed by atoms with van der Waals surface area (Å²) in [5.41, 5.74) is 1.30. The van der Waals surface area contributed by atoms with Crippen LogP contribution in [0.15, 0.2) is 0 Å². The van der Waals surface area contributed by atoms with Gasteiger partial charge < -0.3 is 5.11 Å². The van der Waals surface area contributed by atoms with Crippen LogP contribution in [0.3, 0.4) is 0 Å². The highest BCUT2D eigenvalue weighted by atomic mass is 35.5. The van der Waals surface area contributed by atoms with Crippen LogP contribution >= 0.6 is 11.6 Å². The molecule has 2 N–H and O–H groups in total. The van der Waals surface area contributed by atoms with Crippen LogP contribution in [0.1, 0.15) is 11.4 Å². The van der Waals surface area contributed by atoms with Crippen molar-refractivity contribution in [2.24, 2.45) is 0 Å². The van der Waals surface area contributed by atoms with Crippen molar-refractivity contribution in [3.8, 4) is 0 Å². The zero-order valence-corrected chi connectivity index (χ0v) is 5.74. The molecule has 0 saturated heterocycles. The summed E-state index contributed by atoms with van der Waals surface area (Å²) in [6, 6.07) is 0. The Morgan fingerprint density at radius 2 is 2.44 bits per heavy atom. The molecule has 0 saturated carbocycles. The first kappa shape index (κ1) is 6.58. The maximum atomic E-state index is 8.56. The van der Waals surface area contributed by atoms with E-state index in [-0.39, 0.29) is 6.61 Å². The summed E-state index contributed by atoms with van der Waals surface area (Å²) in [5, 5.41) is 15.5. The summed E-state index contributed by atoms with van der Waals surface area (Å²) in [6.45, 7) is 1.69. The Balaban J connectivity index is 3.04. The Morgan fingerprint density at radius 1 is 1.78 bits per heavy atom. The zero-order chi connectivity index (χ0) is 6.85. The molecule has 9 heavy (non-hydrogen) atoms. The van der Waals surface area contributed by atoms with E-state index in [9.17, 15) is 0 Å². The summed E-state index contributed by atoms with van der Waals surface area (Å²) in [7, 11) is 0. The Labute approximate surface area is 57.7 Å². The molecule has 0 aromatic carbocycles. The SMILES string of the molecule is Cc1[nH]nc(CO)c1Cl. The van der Waals surface area contributed by atoms with Crippen LogP contribution in [0.2, 0.25) is 5.02 Å². The van der Waals surface area contributed by atoms with Gasteiger partial charge in [-0.25, -0.2) is 0 Å². The van der Waals surface area contributed by atoms with Crippen molar-refractivity contribution in [1.29, 1.82) is 0 Å². The number of rotatable bonds is 1. The fourth-order valence-corrected chi connectivity index (χ4v) is 0.715. The van der Waals surface area contributed by atoms with Gasteiger partial charge in [0.2, 0.25) is 0 Å². The number of hydrogen-bond donors (Lipinski definition) is 2. The van der Waals surface area contributed by atoms with Gasteiger partial charge in [0.25, 0.3) is 0 Å². The highest BCUT2D eigenvalue weighted by Crippen LogP contribution is 2.16. The minimum atomic E-state index is -0.108. The monoisotopic (exact) mass is 146 g/mol. The van der Waals surface area contributed by atoms with Crippen molar-refractivity contribution in [3.05, 3.63) is 16.4 Å². The molecule has 0 radical (unpaired) electrons. The average Bonchev–Trinajstić information content (AvgIpc) is 2.15. The van der Waals surface area contributed by atoms with Crippen LogP contribution in [-0.2, 0) is 6.61 Å². The predicted octanol–water partition coefficient (Wildman–Crippen LogP) is 0.864. The lowest BCUT2D eigenvalue weighted by Gasteiger charge is -1.85. The number of halogens is 1. The lowest BCUT2D eigenvalue weighted by atomic mass is 10.4. The fraction of sp³-hybridized carbons (Fsp3) is 0.400. The van der Waals surface area contributed by atoms with Gasteiger partial charge in [0.1, 0.15) is 5.69 Å². The van der Waals surface area contributed by atoms with Gasteiger partial charge in [-0.2, -0.15) is 5.10 Å². The van der Waals surface area contributed by atoms with Gasteiger partial charge in [0.05, 0.1) is 17.3 Å². The van der Waals surface area contributed by atoms with Gasteiger partial charge in [-0.3, -0.25) is 5.10 Å². The molecular formula is C5H7ClN2O. The molecule has 0 aliphatic carbocycles. The van der Waals surface area contributed by atoms with Crippen LogP contribution in [0.4, 0.5) is 0 Å². The molecule has 0 spiro atoms. The summed E-state index contributed by atoms with van der Waals surface area (Å²) in [6.07, 6.45) is 0. The number of H-pyrrole nitrogens is 1. The quantitative estimate of drug-likeness (QED) is 0.618. The molecular weight excluding hydrogens is 140 g/mol. The molecule has 0 fully saturated rings. The Bertz CT molecular complexity index is 209. The van der Waals surface area contributed by atoms with E-state index in [1.165, 1.54) is 0 Å². The second-order valence-electron chi connectivity index (χ2n) is 1.77. The number of aryl methyl sites for hydroxylation is 1. The highest BCUT2D eigenvalue weighted by molar-refractivity contribution is 6.31. The van der Waals surface area contributed by atoms with Crippen molar-refractivity contribution in [2.75, 3.05) is 0 Å². The number of aromatic nitrogens is 2. The van der Waals surface area contributed by atoms with Gasteiger partial charge in [0.15, 0.2) is 0 Å². The maximum Gasteiger partial charge on any atom is 0.106 e. The minimum absolute atomic E-state index is 0.108. The minimum Gasteiger partial charge on any atom is -0.390 e. The lowest BCUT2D eigenvalue weighted by Crippen LogP contribution is -1.81. The molecule has 0 bridgehead atoms. The van der Waals surface area contributed by atoms with Gasteiger partial charge in [-0.1, -0.05) is 11.6 Å². The largest absolute Gasteiger partial charge is 0.390 e. The van der Waals surface area contributed by atoms with Crippen LogP contribution in [0, 0.1) is 6.92 Å². The zero-order valence-electron chi connectivity index (χ0n) is 4.98. The number of nitrogens with one attached hydrogen (secondary N) is 1. The Hall–Kier alpha value is -0.540. The van der Waals surface area contributed by atoms with Crippen LogP contribution < -0.4 is 0 Å². The second-order valence-corrected chi connectivity index (χ2v) is 2.15. The summed E-state index contributed by atoms with van der Waals surface area (Å²) in [5.74, 6) is 0. The molecule has 0 aliphatic rings. The number of hydrogen-bond acceptors (Lipinski definition) is 2. The predicted molar refractivity (Wildman–Crippen MR) is 34.3 cm³/mol. The Morgan fingerprint density at radius 3 is 2.67 bits per heavy atom. The summed E-state index contributed by atoms with van der Waals surface area (Å²) >= 11 is 5.66. The molecule has 1 heterocycles. The molecule has 1 aromatic rings. The smallest absolute Gasteiger partial charge is 0.106 e. The van der Waals surface area contributed by atoms with Crippen LogP contribution in [0.5, 0.6) is 0 Å². The van der Waals surface area contributed by atoms with E-state index in [1.54, 1.807) is 6.92 Å². The Kier molecular flexibility index (Phi) is 1.73. The third kappa shape index (κ3) is 1.06. The van der Waals surface area contributed by atoms with Gasteiger partial charge in [-0.15, -0.1) is 0 Å². The molecule has 1 aromatic heterocycles. The van der Waals surface area contributed by atoms with Crippen LogP contribution in [0.25, 0.3) is 0 Å². The molecule has 0 atom stereocenters. The summed E-state index contributed by atoms with van der Waals surface area (Å²) < 4.78 is 0. The molecule has 50 valence electrons. The lowest BCUT2D eigenvalue weighted by molar-refractivity contribution is 0.277. The van der Waals surface area contributed by atoms with E-state index in [0.717, 1.165) is 5.69 Å². The van der Waals surface area contributed by atoms with Crippen LogP contribution in [-0.4, -0.2) is 15.3 Å². The highest BCUT2D eigenvalue weighted by Gasteiger charge is 2.04. The van der Waals surface area contributed by atoms with E-state index >= 15 is 0 Å². The van der Waals surface area contributed by atoms with Crippen molar-refractivity contribution < 1.29 is 5.11 Å². The number of aliphatic hydroxyl groups is 1. The van der Waals surface area contributed by atoms with Crippen molar-refractivity contribution in [2.45, 2.75) is 13.5 Å². The van der Waals surface area contributed by atoms with E-state index < -0.39 is 0 Å². The normalized spacial score (nSPS) is 10.1. The second kappa shape index (κ2) is 2.37. The van der Waals surface area contributed by atoms with E-state index in [4.69, 9.17) is 16.7 Å². The van der Waals surface area contributed by atoms with E-state index in [1.807, 2.05) is 0 Å². The molecule has 0 unspecified atom stereocenters. The number of nitrogens with zero attached hydrogens (tertiary/aromatic N) is 1. The topological polar surface area (TPSA) is 48.9 Å². The molecule has 4 heteroatoms. The van der Waals surface area contributed by atoms with E-state index in [0.29, 0.717) is 10.7 Å². The van der Waals surface area contributed by atoms with Crippen molar-refractivity contribution in [1.82, 2.24) is 10.2 Å². The first-order valence-electron chi connectivity index (χ1n) is 2.56. The van der Waals surface area contributed by atoms with E-state index in [2.05, 4.69) is 10.2 Å². The van der Waals surface area contributed by atoms with Gasteiger partial charge >= 0.3 is 0 Å². The average molecular weight is 147 g/mol. The first-order chi connectivity index (χ1) is 4.25.